The molecule has 0 unspecified atom stereocenters. The fourth-order valence-electron chi connectivity index (χ4n) is 1.37. The van der Waals surface area contributed by atoms with E-state index < -0.39 is 5.82 Å². The first-order valence-corrected chi connectivity index (χ1v) is 4.89. The molecule has 17 heavy (non-hydrogen) atoms. The number of methoxy groups -OCH3 is 1. The van der Waals surface area contributed by atoms with Gasteiger partial charge < -0.3 is 15.2 Å². The third kappa shape index (κ3) is 2.30. The van der Waals surface area contributed by atoms with Crippen molar-refractivity contribution in [2.75, 3.05) is 12.8 Å². The maximum absolute atomic E-state index is 13.3. The number of aryl methyl sites for hydroxylation is 1. The van der Waals surface area contributed by atoms with Gasteiger partial charge in [-0.2, -0.15) is 5.10 Å². The highest BCUT2D eigenvalue weighted by Gasteiger charge is 2.10. The van der Waals surface area contributed by atoms with Gasteiger partial charge in [0.1, 0.15) is 0 Å². The topological polar surface area (TPSA) is 62.3 Å². The molecule has 0 aliphatic carbocycles. The Balaban J connectivity index is 2.32. The van der Waals surface area contributed by atoms with Gasteiger partial charge in [0.05, 0.1) is 25.2 Å². The average molecular weight is 237 g/mol. The maximum Gasteiger partial charge on any atom is 0.167 e. The summed E-state index contributed by atoms with van der Waals surface area (Å²) < 4.78 is 25.2. The van der Waals surface area contributed by atoms with Crippen molar-refractivity contribution in [2.45, 2.75) is 0 Å². The van der Waals surface area contributed by atoms with Crippen molar-refractivity contribution < 1.29 is 13.9 Å². The largest absolute Gasteiger partial charge is 0.494 e. The van der Waals surface area contributed by atoms with E-state index in [0.717, 1.165) is 6.07 Å². The van der Waals surface area contributed by atoms with Crippen LogP contribution in [0.1, 0.15) is 0 Å². The lowest BCUT2D eigenvalue weighted by atomic mass is 10.2. The van der Waals surface area contributed by atoms with Gasteiger partial charge in [-0.3, -0.25) is 4.68 Å². The lowest BCUT2D eigenvalue weighted by Gasteiger charge is -2.09. The number of hydrogen-bond acceptors (Lipinski definition) is 4. The first-order valence-electron chi connectivity index (χ1n) is 4.89. The van der Waals surface area contributed by atoms with Gasteiger partial charge in [-0.1, -0.05) is 0 Å². The number of nitrogens with two attached hydrogens (primary N) is 1. The second kappa shape index (κ2) is 4.32. The fourth-order valence-corrected chi connectivity index (χ4v) is 1.37. The predicted molar refractivity (Wildman–Crippen MR) is 60.6 cm³/mol. The Hall–Kier alpha value is -2.24. The van der Waals surface area contributed by atoms with Gasteiger partial charge >= 0.3 is 0 Å². The summed E-state index contributed by atoms with van der Waals surface area (Å²) in [4.78, 5) is 0. The van der Waals surface area contributed by atoms with Gasteiger partial charge in [0.2, 0.25) is 0 Å². The summed E-state index contributed by atoms with van der Waals surface area (Å²) in [7, 11) is 3.14. The highest BCUT2D eigenvalue weighted by Crippen LogP contribution is 2.32. The van der Waals surface area contributed by atoms with Crippen LogP contribution in [0, 0.1) is 5.82 Å². The van der Waals surface area contributed by atoms with E-state index in [1.165, 1.54) is 19.4 Å². The van der Waals surface area contributed by atoms with E-state index in [0.29, 0.717) is 11.5 Å². The van der Waals surface area contributed by atoms with Gasteiger partial charge in [-0.25, -0.2) is 4.39 Å². The third-order valence-electron chi connectivity index (χ3n) is 2.19. The van der Waals surface area contributed by atoms with Crippen molar-refractivity contribution in [2.24, 2.45) is 7.05 Å². The molecule has 2 aromatic rings. The Kier molecular flexibility index (Phi) is 2.86. The number of ether oxygens (including phenoxy) is 2. The minimum atomic E-state index is -0.525. The van der Waals surface area contributed by atoms with Crippen LogP contribution in [-0.4, -0.2) is 16.9 Å². The quantitative estimate of drug-likeness (QED) is 0.829. The Morgan fingerprint density at radius 1 is 1.35 bits per heavy atom. The zero-order valence-corrected chi connectivity index (χ0v) is 9.48. The molecule has 90 valence electrons. The van der Waals surface area contributed by atoms with Crippen molar-refractivity contribution in [3.63, 3.8) is 0 Å². The number of halogens is 1. The average Bonchev–Trinajstić information content (AvgIpc) is 2.68. The molecular weight excluding hydrogens is 225 g/mol. The second-order valence-corrected chi connectivity index (χ2v) is 3.48. The van der Waals surface area contributed by atoms with Crippen LogP contribution in [0.2, 0.25) is 0 Å². The molecule has 0 aliphatic rings. The minimum Gasteiger partial charge on any atom is -0.494 e. The molecule has 0 saturated heterocycles. The molecule has 0 fully saturated rings. The lowest BCUT2D eigenvalue weighted by Crippen LogP contribution is -1.96. The van der Waals surface area contributed by atoms with Gasteiger partial charge in [-0.15, -0.1) is 0 Å². The highest BCUT2D eigenvalue weighted by molar-refractivity contribution is 5.57. The molecule has 0 saturated carbocycles. The van der Waals surface area contributed by atoms with Gasteiger partial charge in [-0.05, 0) is 0 Å². The van der Waals surface area contributed by atoms with Gasteiger partial charge in [0.25, 0.3) is 0 Å². The molecule has 1 aromatic heterocycles. The normalized spacial score (nSPS) is 10.3. The molecule has 0 radical (unpaired) electrons. The Bertz CT molecular complexity index is 540. The molecule has 0 atom stereocenters. The summed E-state index contributed by atoms with van der Waals surface area (Å²) in [6.07, 6.45) is 3.21. The molecule has 6 heteroatoms. The lowest BCUT2D eigenvalue weighted by molar-refractivity contribution is 0.382. The summed E-state index contributed by atoms with van der Waals surface area (Å²) in [5.41, 5.74) is 5.85. The Morgan fingerprint density at radius 2 is 2.12 bits per heavy atom. The number of rotatable bonds is 3. The molecule has 0 amide bonds. The molecule has 2 N–H and O–H groups in total. The number of aromatic nitrogens is 2. The van der Waals surface area contributed by atoms with Gasteiger partial charge in [0, 0.05) is 19.2 Å². The monoisotopic (exact) mass is 237 g/mol. The Morgan fingerprint density at radius 3 is 2.71 bits per heavy atom. The van der Waals surface area contributed by atoms with E-state index in [-0.39, 0.29) is 11.4 Å². The first kappa shape index (κ1) is 11.3. The summed E-state index contributed by atoms with van der Waals surface area (Å²) in [5, 5.41) is 3.95. The molecule has 5 nitrogen and oxygen atoms in total. The summed E-state index contributed by atoms with van der Waals surface area (Å²) in [6.45, 7) is 0. The molecular formula is C11H12FN3O2. The van der Waals surface area contributed by atoms with E-state index in [2.05, 4.69) is 5.10 Å². The van der Waals surface area contributed by atoms with Crippen molar-refractivity contribution in [3.8, 4) is 17.2 Å². The predicted octanol–water partition coefficient (Wildman–Crippen LogP) is 1.94. The van der Waals surface area contributed by atoms with Crippen LogP contribution >= 0.6 is 0 Å². The molecule has 2 rings (SSSR count). The maximum atomic E-state index is 13.3. The molecule has 0 bridgehead atoms. The van der Waals surface area contributed by atoms with E-state index in [9.17, 15) is 4.39 Å². The second-order valence-electron chi connectivity index (χ2n) is 3.48. The zero-order chi connectivity index (χ0) is 12.4. The van der Waals surface area contributed by atoms with E-state index >= 15 is 0 Å². The van der Waals surface area contributed by atoms with Gasteiger partial charge in [0.15, 0.2) is 23.1 Å². The van der Waals surface area contributed by atoms with Crippen molar-refractivity contribution in [3.05, 3.63) is 30.3 Å². The number of benzene rings is 1. The molecule has 1 aromatic carbocycles. The van der Waals surface area contributed by atoms with Crippen molar-refractivity contribution in [1.29, 1.82) is 0 Å². The van der Waals surface area contributed by atoms with E-state index in [1.807, 2.05) is 0 Å². The Labute approximate surface area is 97.6 Å². The van der Waals surface area contributed by atoms with E-state index in [4.69, 9.17) is 15.2 Å². The van der Waals surface area contributed by atoms with E-state index in [1.54, 1.807) is 17.9 Å². The summed E-state index contributed by atoms with van der Waals surface area (Å²) >= 11 is 0. The SMILES string of the molecule is COc1cc(Oc2cnn(C)c2)c(N)cc1F. The number of hydrogen-bond donors (Lipinski definition) is 1. The van der Waals surface area contributed by atoms with Crippen LogP contribution in [0.15, 0.2) is 24.5 Å². The van der Waals surface area contributed by atoms with Crippen LogP contribution in [0.3, 0.4) is 0 Å². The summed E-state index contributed by atoms with van der Waals surface area (Å²) in [6, 6.07) is 2.56. The highest BCUT2D eigenvalue weighted by atomic mass is 19.1. The summed E-state index contributed by atoms with van der Waals surface area (Å²) in [5.74, 6) is 0.408. The molecule has 0 aliphatic heterocycles. The number of nitrogen functional groups attached to an aromatic ring is 1. The van der Waals surface area contributed by atoms with Crippen molar-refractivity contribution in [1.82, 2.24) is 9.78 Å². The van der Waals surface area contributed by atoms with Crippen LogP contribution in [0.5, 0.6) is 17.2 Å². The first-order chi connectivity index (χ1) is 8.10. The number of nitrogens with zero attached hydrogens (tertiary/aromatic N) is 2. The van der Waals surface area contributed by atoms with Crippen LogP contribution < -0.4 is 15.2 Å². The van der Waals surface area contributed by atoms with Crippen LogP contribution in [0.25, 0.3) is 0 Å². The standard InChI is InChI=1S/C11H12FN3O2/c1-15-6-7(5-14-15)17-11-4-10(16-2)8(12)3-9(11)13/h3-6H,13H2,1-2H3. The number of anilines is 1. The van der Waals surface area contributed by atoms with Crippen LogP contribution in [0.4, 0.5) is 10.1 Å². The minimum absolute atomic E-state index is 0.0816. The molecule has 0 spiro atoms. The fraction of sp³-hybridized carbons (Fsp3) is 0.182. The zero-order valence-electron chi connectivity index (χ0n) is 9.48. The third-order valence-corrected chi connectivity index (χ3v) is 2.19. The smallest absolute Gasteiger partial charge is 0.167 e. The van der Waals surface area contributed by atoms with Crippen LogP contribution in [-0.2, 0) is 7.05 Å². The molecule has 1 heterocycles. The van der Waals surface area contributed by atoms with Crippen molar-refractivity contribution >= 4 is 5.69 Å².